The van der Waals surface area contributed by atoms with Crippen LogP contribution in [0.2, 0.25) is 0 Å². The highest BCUT2D eigenvalue weighted by atomic mass is 32.2. The molecular formula is C20H23NO3S. The zero-order valence-corrected chi connectivity index (χ0v) is 15.4. The number of esters is 1. The standard InChI is InChI=1S/C20H23NO3S/c1-16(22)25-19(20(23)24-2)15-21(13-17-9-5-3-6-10-17)14-18-11-7-4-8-12-18/h3-12,19H,13-15H2,1-2H3/t19-/m0/s1. The molecule has 0 radical (unpaired) electrons. The Morgan fingerprint density at radius 3 is 1.84 bits per heavy atom. The molecule has 2 aromatic carbocycles. The van der Waals surface area contributed by atoms with Gasteiger partial charge in [0.2, 0.25) is 0 Å². The predicted molar refractivity (Wildman–Crippen MR) is 101 cm³/mol. The lowest BCUT2D eigenvalue weighted by Gasteiger charge is -2.26. The highest BCUT2D eigenvalue weighted by Gasteiger charge is 2.25. The lowest BCUT2D eigenvalue weighted by atomic mass is 10.1. The van der Waals surface area contributed by atoms with Gasteiger partial charge in [0.25, 0.3) is 0 Å². The van der Waals surface area contributed by atoms with Gasteiger partial charge in [0, 0.05) is 26.6 Å². The molecule has 4 nitrogen and oxygen atoms in total. The van der Waals surface area contributed by atoms with Crippen LogP contribution in [-0.2, 0) is 27.4 Å². The van der Waals surface area contributed by atoms with Crippen molar-refractivity contribution in [1.29, 1.82) is 0 Å². The second kappa shape index (κ2) is 10.0. The van der Waals surface area contributed by atoms with E-state index in [1.807, 2.05) is 36.4 Å². The third-order valence-electron chi connectivity index (χ3n) is 3.69. The first-order valence-corrected chi connectivity index (χ1v) is 9.01. The number of benzene rings is 2. The van der Waals surface area contributed by atoms with Gasteiger partial charge < -0.3 is 4.74 Å². The predicted octanol–water partition coefficient (Wildman–Crippen LogP) is 3.51. The first kappa shape index (κ1) is 19.2. The molecule has 0 saturated heterocycles. The van der Waals surface area contributed by atoms with E-state index in [4.69, 9.17) is 4.74 Å². The van der Waals surface area contributed by atoms with Crippen LogP contribution in [0.15, 0.2) is 60.7 Å². The van der Waals surface area contributed by atoms with Crippen molar-refractivity contribution in [3.8, 4) is 0 Å². The molecule has 25 heavy (non-hydrogen) atoms. The van der Waals surface area contributed by atoms with Crippen molar-refractivity contribution in [3.05, 3.63) is 71.8 Å². The number of ether oxygens (including phenoxy) is 1. The molecule has 0 N–H and O–H groups in total. The van der Waals surface area contributed by atoms with Crippen molar-refractivity contribution in [2.75, 3.05) is 13.7 Å². The van der Waals surface area contributed by atoms with Crippen LogP contribution in [0.25, 0.3) is 0 Å². The summed E-state index contributed by atoms with van der Waals surface area (Å²) in [5.41, 5.74) is 2.32. The molecule has 0 fully saturated rings. The Bertz CT molecular complexity index is 634. The fraction of sp³-hybridized carbons (Fsp3) is 0.300. The van der Waals surface area contributed by atoms with E-state index in [0.29, 0.717) is 19.6 Å². The van der Waals surface area contributed by atoms with Gasteiger partial charge in [-0.15, -0.1) is 0 Å². The van der Waals surface area contributed by atoms with E-state index < -0.39 is 5.25 Å². The summed E-state index contributed by atoms with van der Waals surface area (Å²) in [7, 11) is 1.36. The van der Waals surface area contributed by atoms with Crippen LogP contribution >= 0.6 is 11.8 Å². The van der Waals surface area contributed by atoms with E-state index in [2.05, 4.69) is 29.2 Å². The smallest absolute Gasteiger partial charge is 0.320 e. The van der Waals surface area contributed by atoms with E-state index in [0.717, 1.165) is 22.9 Å². The summed E-state index contributed by atoms with van der Waals surface area (Å²) < 4.78 is 4.88. The Labute approximate surface area is 153 Å². The van der Waals surface area contributed by atoms with Gasteiger partial charge in [0.1, 0.15) is 5.25 Å². The summed E-state index contributed by atoms with van der Waals surface area (Å²) in [5, 5.41) is -0.621. The number of methoxy groups -OCH3 is 1. The van der Waals surface area contributed by atoms with Gasteiger partial charge in [-0.3, -0.25) is 14.5 Å². The molecule has 2 rings (SSSR count). The second-order valence-electron chi connectivity index (χ2n) is 5.76. The van der Waals surface area contributed by atoms with E-state index in [-0.39, 0.29) is 11.1 Å². The molecule has 0 aliphatic heterocycles. The number of thioether (sulfide) groups is 1. The number of carbonyl (C=O) groups excluding carboxylic acids is 2. The molecule has 0 aromatic heterocycles. The molecule has 1 atom stereocenters. The average molecular weight is 357 g/mol. The molecule has 0 unspecified atom stereocenters. The lowest BCUT2D eigenvalue weighted by molar-refractivity contribution is -0.140. The van der Waals surface area contributed by atoms with Crippen LogP contribution in [0.3, 0.4) is 0 Å². The quantitative estimate of drug-likeness (QED) is 0.677. The topological polar surface area (TPSA) is 46.6 Å². The van der Waals surface area contributed by atoms with Crippen molar-refractivity contribution in [2.24, 2.45) is 0 Å². The van der Waals surface area contributed by atoms with Gasteiger partial charge in [-0.05, 0) is 11.1 Å². The molecule has 0 heterocycles. The third kappa shape index (κ3) is 6.72. The highest BCUT2D eigenvalue weighted by molar-refractivity contribution is 8.14. The van der Waals surface area contributed by atoms with Gasteiger partial charge in [-0.25, -0.2) is 0 Å². The minimum Gasteiger partial charge on any atom is -0.468 e. The first-order valence-electron chi connectivity index (χ1n) is 8.13. The molecule has 0 aliphatic rings. The fourth-order valence-corrected chi connectivity index (χ4v) is 3.47. The number of carbonyl (C=O) groups is 2. The Balaban J connectivity index is 2.16. The number of nitrogens with zero attached hydrogens (tertiary/aromatic N) is 1. The van der Waals surface area contributed by atoms with E-state index in [1.165, 1.54) is 14.0 Å². The van der Waals surface area contributed by atoms with Gasteiger partial charge in [-0.1, -0.05) is 72.4 Å². The van der Waals surface area contributed by atoms with Gasteiger partial charge in [-0.2, -0.15) is 0 Å². The maximum Gasteiger partial charge on any atom is 0.320 e. The first-order chi connectivity index (χ1) is 12.1. The Kier molecular flexibility index (Phi) is 7.70. The summed E-state index contributed by atoms with van der Waals surface area (Å²) in [6, 6.07) is 20.2. The van der Waals surface area contributed by atoms with Gasteiger partial charge in [0.05, 0.1) is 7.11 Å². The van der Waals surface area contributed by atoms with Crippen molar-refractivity contribution < 1.29 is 14.3 Å². The second-order valence-corrected chi connectivity index (χ2v) is 7.14. The van der Waals surface area contributed by atoms with E-state index in [9.17, 15) is 9.59 Å². The van der Waals surface area contributed by atoms with Crippen molar-refractivity contribution in [2.45, 2.75) is 25.3 Å². The van der Waals surface area contributed by atoms with E-state index in [1.54, 1.807) is 0 Å². The Morgan fingerprint density at radius 1 is 0.960 bits per heavy atom. The summed E-state index contributed by atoms with van der Waals surface area (Å²) >= 11 is 1.03. The minimum atomic E-state index is -0.532. The average Bonchev–Trinajstić information content (AvgIpc) is 2.61. The molecule has 0 amide bonds. The Hall–Kier alpha value is -2.11. The van der Waals surface area contributed by atoms with E-state index >= 15 is 0 Å². The highest BCUT2D eigenvalue weighted by Crippen LogP contribution is 2.18. The van der Waals surface area contributed by atoms with Gasteiger partial charge in [0.15, 0.2) is 5.12 Å². The fourth-order valence-electron chi connectivity index (χ4n) is 2.59. The maximum absolute atomic E-state index is 12.1. The lowest BCUT2D eigenvalue weighted by Crippen LogP contribution is -2.35. The van der Waals surface area contributed by atoms with Crippen molar-refractivity contribution >= 4 is 22.8 Å². The molecule has 0 aliphatic carbocycles. The van der Waals surface area contributed by atoms with Crippen LogP contribution < -0.4 is 0 Å². The summed E-state index contributed by atoms with van der Waals surface area (Å²) in [6.07, 6.45) is 0. The molecule has 0 spiro atoms. The minimum absolute atomic E-state index is 0.0882. The SMILES string of the molecule is COC(=O)[C@H](CN(Cc1ccccc1)Cc1ccccc1)SC(C)=O. The third-order valence-corrected chi connectivity index (χ3v) is 4.65. The molecule has 5 heteroatoms. The zero-order valence-electron chi connectivity index (χ0n) is 14.6. The number of hydrogen-bond donors (Lipinski definition) is 0. The summed E-state index contributed by atoms with van der Waals surface area (Å²) in [4.78, 5) is 25.7. The zero-order chi connectivity index (χ0) is 18.1. The van der Waals surface area contributed by atoms with Crippen LogP contribution in [0.5, 0.6) is 0 Å². The number of hydrogen-bond acceptors (Lipinski definition) is 5. The molecular weight excluding hydrogens is 334 g/mol. The Morgan fingerprint density at radius 2 is 1.44 bits per heavy atom. The largest absolute Gasteiger partial charge is 0.468 e. The monoisotopic (exact) mass is 357 g/mol. The number of rotatable bonds is 8. The normalized spacial score (nSPS) is 12.0. The molecule has 132 valence electrons. The van der Waals surface area contributed by atoms with Crippen molar-refractivity contribution in [1.82, 2.24) is 4.90 Å². The van der Waals surface area contributed by atoms with Crippen LogP contribution in [0.1, 0.15) is 18.1 Å². The molecule has 0 bridgehead atoms. The maximum atomic E-state index is 12.1. The van der Waals surface area contributed by atoms with Gasteiger partial charge >= 0.3 is 5.97 Å². The summed E-state index contributed by atoms with van der Waals surface area (Å²) in [5.74, 6) is -0.369. The van der Waals surface area contributed by atoms with Crippen LogP contribution in [-0.4, -0.2) is 34.9 Å². The van der Waals surface area contributed by atoms with Crippen LogP contribution in [0, 0.1) is 0 Å². The van der Waals surface area contributed by atoms with Crippen LogP contribution in [0.4, 0.5) is 0 Å². The molecule has 0 saturated carbocycles. The van der Waals surface area contributed by atoms with Crippen molar-refractivity contribution in [3.63, 3.8) is 0 Å². The molecule has 2 aromatic rings. The summed E-state index contributed by atoms with van der Waals surface area (Å²) in [6.45, 7) is 3.31.